The molecule has 0 amide bonds. The Bertz CT molecular complexity index is 378. The van der Waals surface area contributed by atoms with Gasteiger partial charge < -0.3 is 4.74 Å². The normalized spacial score (nSPS) is 11.9. The molecule has 0 fully saturated rings. The van der Waals surface area contributed by atoms with Crippen LogP contribution in [0.4, 0.5) is 4.39 Å². The van der Waals surface area contributed by atoms with E-state index in [1.165, 1.54) is 12.1 Å². The summed E-state index contributed by atoms with van der Waals surface area (Å²) < 4.78 is 17.3. The van der Waals surface area contributed by atoms with E-state index in [0.29, 0.717) is 6.42 Å². The van der Waals surface area contributed by atoms with Gasteiger partial charge in [0.15, 0.2) is 6.04 Å². The molecule has 5 heteroatoms. The lowest BCUT2D eigenvalue weighted by Crippen LogP contribution is -2.21. The Hall–Kier alpha value is -1.78. The third-order valence-electron chi connectivity index (χ3n) is 2.31. The first-order valence-corrected chi connectivity index (χ1v) is 5.41. The Morgan fingerprint density at radius 2 is 2.06 bits per heavy atom. The van der Waals surface area contributed by atoms with Crippen molar-refractivity contribution in [2.24, 2.45) is 5.18 Å². The molecule has 0 aromatic heterocycles. The average molecular weight is 239 g/mol. The Morgan fingerprint density at radius 3 is 2.59 bits per heavy atom. The molecule has 0 N–H and O–H groups in total. The molecular formula is C12H14FNO3. The van der Waals surface area contributed by atoms with Crippen LogP contribution < -0.4 is 0 Å². The van der Waals surface area contributed by atoms with Gasteiger partial charge >= 0.3 is 5.97 Å². The predicted molar refractivity (Wildman–Crippen MR) is 60.9 cm³/mol. The standard InChI is InChI=1S/C12H14FNO3/c1-2-17-12(15)11(14-16)8-5-9-3-6-10(13)7-4-9/h3-4,6-7,11H,2,5,8H2,1H3. The quantitative estimate of drug-likeness (QED) is 0.566. The zero-order chi connectivity index (χ0) is 12.7. The number of nitroso groups, excluding NO2 is 1. The maximum atomic E-state index is 12.6. The van der Waals surface area contributed by atoms with E-state index in [-0.39, 0.29) is 18.8 Å². The van der Waals surface area contributed by atoms with Crippen LogP contribution in [0.25, 0.3) is 0 Å². The fourth-order valence-electron chi connectivity index (χ4n) is 1.41. The summed E-state index contributed by atoms with van der Waals surface area (Å²) in [6, 6.07) is 4.91. The number of hydrogen-bond donors (Lipinski definition) is 0. The van der Waals surface area contributed by atoms with Crippen molar-refractivity contribution in [2.75, 3.05) is 6.61 Å². The highest BCUT2D eigenvalue weighted by Crippen LogP contribution is 2.10. The first-order valence-electron chi connectivity index (χ1n) is 5.41. The minimum Gasteiger partial charge on any atom is -0.464 e. The zero-order valence-electron chi connectivity index (χ0n) is 9.56. The summed E-state index contributed by atoms with van der Waals surface area (Å²) >= 11 is 0. The largest absolute Gasteiger partial charge is 0.464 e. The molecule has 4 nitrogen and oxygen atoms in total. The lowest BCUT2D eigenvalue weighted by Gasteiger charge is -2.07. The van der Waals surface area contributed by atoms with Gasteiger partial charge in [0.1, 0.15) is 5.82 Å². The van der Waals surface area contributed by atoms with Crippen LogP contribution in [0.3, 0.4) is 0 Å². The minimum absolute atomic E-state index is 0.224. The second kappa shape index (κ2) is 6.73. The second-order valence-electron chi connectivity index (χ2n) is 3.54. The number of ether oxygens (including phenoxy) is 1. The number of benzene rings is 1. The molecule has 0 saturated carbocycles. The van der Waals surface area contributed by atoms with Crippen LogP contribution in [0.15, 0.2) is 29.4 Å². The third kappa shape index (κ3) is 4.30. The van der Waals surface area contributed by atoms with E-state index >= 15 is 0 Å². The van der Waals surface area contributed by atoms with Gasteiger partial charge in [0.2, 0.25) is 0 Å². The fourth-order valence-corrected chi connectivity index (χ4v) is 1.41. The zero-order valence-corrected chi connectivity index (χ0v) is 9.56. The smallest absolute Gasteiger partial charge is 0.334 e. The molecule has 0 radical (unpaired) electrons. The van der Waals surface area contributed by atoms with Gasteiger partial charge in [0.25, 0.3) is 0 Å². The molecule has 92 valence electrons. The summed E-state index contributed by atoms with van der Waals surface area (Å²) in [5.74, 6) is -0.922. The van der Waals surface area contributed by atoms with E-state index in [2.05, 4.69) is 5.18 Å². The Balaban J connectivity index is 2.50. The maximum Gasteiger partial charge on any atom is 0.334 e. The minimum atomic E-state index is -0.986. The summed E-state index contributed by atoms with van der Waals surface area (Å²) in [6.45, 7) is 1.89. The lowest BCUT2D eigenvalue weighted by atomic mass is 10.1. The van der Waals surface area contributed by atoms with Crippen LogP contribution in [0.2, 0.25) is 0 Å². The molecule has 0 bridgehead atoms. The maximum absolute atomic E-state index is 12.6. The van der Waals surface area contributed by atoms with Gasteiger partial charge in [-0.3, -0.25) is 0 Å². The second-order valence-corrected chi connectivity index (χ2v) is 3.54. The fraction of sp³-hybridized carbons (Fsp3) is 0.417. The highest BCUT2D eigenvalue weighted by molar-refractivity contribution is 5.75. The molecule has 0 heterocycles. The molecule has 1 unspecified atom stereocenters. The van der Waals surface area contributed by atoms with E-state index in [9.17, 15) is 14.1 Å². The number of rotatable bonds is 6. The van der Waals surface area contributed by atoms with Crippen molar-refractivity contribution in [3.8, 4) is 0 Å². The Kier molecular flexibility index (Phi) is 5.26. The van der Waals surface area contributed by atoms with Crippen molar-refractivity contribution in [3.05, 3.63) is 40.6 Å². The Morgan fingerprint density at radius 1 is 1.41 bits per heavy atom. The molecule has 0 aliphatic rings. The highest BCUT2D eigenvalue weighted by atomic mass is 19.1. The van der Waals surface area contributed by atoms with Crippen molar-refractivity contribution in [3.63, 3.8) is 0 Å². The van der Waals surface area contributed by atoms with E-state index in [0.717, 1.165) is 5.56 Å². The molecule has 1 aromatic rings. The SMILES string of the molecule is CCOC(=O)C(CCc1ccc(F)cc1)N=O. The summed E-state index contributed by atoms with van der Waals surface area (Å²) in [7, 11) is 0. The van der Waals surface area contributed by atoms with Crippen LogP contribution in [0, 0.1) is 10.7 Å². The van der Waals surface area contributed by atoms with Gasteiger partial charge in [-0.25, -0.2) is 9.18 Å². The summed E-state index contributed by atoms with van der Waals surface area (Å²) in [5.41, 5.74) is 0.851. The molecule has 1 rings (SSSR count). The van der Waals surface area contributed by atoms with Gasteiger partial charge in [-0.05, 0) is 37.5 Å². The van der Waals surface area contributed by atoms with Crippen LogP contribution in [-0.2, 0) is 16.0 Å². The van der Waals surface area contributed by atoms with E-state index < -0.39 is 12.0 Å². The number of hydrogen-bond acceptors (Lipinski definition) is 4. The highest BCUT2D eigenvalue weighted by Gasteiger charge is 2.19. The van der Waals surface area contributed by atoms with Crippen molar-refractivity contribution in [1.29, 1.82) is 0 Å². The van der Waals surface area contributed by atoms with Crippen molar-refractivity contribution in [1.82, 2.24) is 0 Å². The van der Waals surface area contributed by atoms with Gasteiger partial charge in [-0.2, -0.15) is 0 Å². The van der Waals surface area contributed by atoms with Gasteiger partial charge in [-0.1, -0.05) is 17.3 Å². The molecular weight excluding hydrogens is 225 g/mol. The summed E-state index contributed by atoms with van der Waals surface area (Å²) in [6.07, 6.45) is 0.753. The van der Waals surface area contributed by atoms with Crippen LogP contribution >= 0.6 is 0 Å². The predicted octanol–water partition coefficient (Wildman–Crippen LogP) is 2.46. The van der Waals surface area contributed by atoms with Crippen molar-refractivity contribution >= 4 is 5.97 Å². The van der Waals surface area contributed by atoms with E-state index in [4.69, 9.17) is 4.74 Å². The molecule has 17 heavy (non-hydrogen) atoms. The summed E-state index contributed by atoms with van der Waals surface area (Å²) in [5, 5.41) is 2.74. The monoisotopic (exact) mass is 239 g/mol. The molecule has 0 aliphatic carbocycles. The number of carbonyl (C=O) groups is 1. The lowest BCUT2D eigenvalue weighted by molar-refractivity contribution is -0.144. The van der Waals surface area contributed by atoms with Gasteiger partial charge in [0, 0.05) is 0 Å². The van der Waals surface area contributed by atoms with Crippen LogP contribution in [-0.4, -0.2) is 18.6 Å². The number of aryl methyl sites for hydroxylation is 1. The van der Waals surface area contributed by atoms with Gasteiger partial charge in [-0.15, -0.1) is 4.91 Å². The molecule has 0 aliphatic heterocycles. The molecule has 1 aromatic carbocycles. The average Bonchev–Trinajstić information content (AvgIpc) is 2.32. The van der Waals surface area contributed by atoms with Crippen LogP contribution in [0.5, 0.6) is 0 Å². The number of halogens is 1. The third-order valence-corrected chi connectivity index (χ3v) is 2.31. The first-order chi connectivity index (χ1) is 8.17. The molecule has 1 atom stereocenters. The van der Waals surface area contributed by atoms with E-state index in [1.807, 2.05) is 0 Å². The van der Waals surface area contributed by atoms with Crippen molar-refractivity contribution < 1.29 is 13.9 Å². The van der Waals surface area contributed by atoms with E-state index in [1.54, 1.807) is 19.1 Å². The molecule has 0 spiro atoms. The summed E-state index contributed by atoms with van der Waals surface area (Å²) in [4.78, 5) is 21.8. The Labute approximate surface area is 98.8 Å². The van der Waals surface area contributed by atoms with Crippen LogP contribution in [0.1, 0.15) is 18.9 Å². The van der Waals surface area contributed by atoms with Crippen molar-refractivity contribution in [2.45, 2.75) is 25.8 Å². The number of carbonyl (C=O) groups excluding carboxylic acids is 1. The number of nitrogens with zero attached hydrogens (tertiary/aromatic N) is 1. The van der Waals surface area contributed by atoms with Gasteiger partial charge in [0.05, 0.1) is 6.61 Å². The topological polar surface area (TPSA) is 55.7 Å². The first kappa shape index (κ1) is 13.3. The number of esters is 1. The molecule has 0 saturated heterocycles.